The number of phenols is 1. The van der Waals surface area contributed by atoms with E-state index in [-0.39, 0.29) is 5.75 Å². The van der Waals surface area contributed by atoms with Gasteiger partial charge in [0, 0.05) is 18.3 Å². The Morgan fingerprint density at radius 2 is 1.80 bits per heavy atom. The molecular formula is C14H12F3NO2. The Morgan fingerprint density at radius 1 is 1.10 bits per heavy atom. The molecule has 0 atom stereocenters. The van der Waals surface area contributed by atoms with Gasteiger partial charge in [-0.2, -0.15) is 8.78 Å². The average Bonchev–Trinajstić information content (AvgIpc) is 2.40. The Labute approximate surface area is 113 Å². The van der Waals surface area contributed by atoms with Gasteiger partial charge in [0.25, 0.3) is 0 Å². The summed E-state index contributed by atoms with van der Waals surface area (Å²) in [6.07, 6.45) is 0. The summed E-state index contributed by atoms with van der Waals surface area (Å²) in [4.78, 5) is 0. The molecule has 0 aliphatic carbocycles. The highest BCUT2D eigenvalue weighted by atomic mass is 19.3. The second-order valence-electron chi connectivity index (χ2n) is 4.04. The molecule has 0 unspecified atom stereocenters. The van der Waals surface area contributed by atoms with E-state index in [2.05, 4.69) is 10.1 Å². The maximum Gasteiger partial charge on any atom is 0.387 e. The molecule has 0 bridgehead atoms. The molecule has 0 fully saturated rings. The summed E-state index contributed by atoms with van der Waals surface area (Å²) in [5.41, 5.74) is 1.33. The normalized spacial score (nSPS) is 10.6. The van der Waals surface area contributed by atoms with Crippen molar-refractivity contribution in [2.45, 2.75) is 13.2 Å². The molecule has 2 N–H and O–H groups in total. The molecule has 0 spiro atoms. The van der Waals surface area contributed by atoms with E-state index in [1.54, 1.807) is 12.1 Å². The lowest BCUT2D eigenvalue weighted by atomic mass is 10.2. The zero-order chi connectivity index (χ0) is 14.5. The maximum atomic E-state index is 13.5. The molecule has 2 rings (SSSR count). The molecule has 0 aromatic heterocycles. The molecule has 3 nitrogen and oxygen atoms in total. The second kappa shape index (κ2) is 6.18. The van der Waals surface area contributed by atoms with E-state index < -0.39 is 18.2 Å². The third-order valence-corrected chi connectivity index (χ3v) is 2.58. The number of anilines is 1. The minimum absolute atomic E-state index is 0.160. The number of alkyl halides is 2. The van der Waals surface area contributed by atoms with Gasteiger partial charge in [0.05, 0.1) is 0 Å². The van der Waals surface area contributed by atoms with Crippen molar-refractivity contribution in [2.24, 2.45) is 0 Å². The molecule has 0 heterocycles. The first kappa shape index (κ1) is 14.0. The van der Waals surface area contributed by atoms with Crippen molar-refractivity contribution in [3.05, 3.63) is 53.8 Å². The molecule has 0 saturated heterocycles. The Kier molecular flexibility index (Phi) is 4.34. The third-order valence-electron chi connectivity index (χ3n) is 2.58. The van der Waals surface area contributed by atoms with Crippen LogP contribution in [0, 0.1) is 5.82 Å². The molecule has 6 heteroatoms. The molecule has 0 amide bonds. The molecular weight excluding hydrogens is 271 g/mol. The van der Waals surface area contributed by atoms with Crippen molar-refractivity contribution in [2.75, 3.05) is 5.32 Å². The van der Waals surface area contributed by atoms with Gasteiger partial charge in [-0.1, -0.05) is 12.1 Å². The smallest absolute Gasteiger partial charge is 0.387 e. The molecule has 2 aromatic carbocycles. The summed E-state index contributed by atoms with van der Waals surface area (Å²) < 4.78 is 41.4. The lowest BCUT2D eigenvalue weighted by Crippen LogP contribution is -2.04. The number of aromatic hydroxyl groups is 1. The number of hydrogen-bond donors (Lipinski definition) is 2. The zero-order valence-electron chi connectivity index (χ0n) is 10.3. The largest absolute Gasteiger partial charge is 0.508 e. The summed E-state index contributed by atoms with van der Waals surface area (Å²) in [7, 11) is 0. The van der Waals surface area contributed by atoms with Gasteiger partial charge < -0.3 is 15.2 Å². The topological polar surface area (TPSA) is 41.5 Å². The second-order valence-corrected chi connectivity index (χ2v) is 4.04. The van der Waals surface area contributed by atoms with Gasteiger partial charge in [-0.3, -0.25) is 0 Å². The van der Waals surface area contributed by atoms with Crippen LogP contribution in [0.4, 0.5) is 18.9 Å². The Bertz CT molecular complexity index is 573. The molecule has 20 heavy (non-hydrogen) atoms. The fraction of sp³-hybridized carbons (Fsp3) is 0.143. The molecule has 2 aromatic rings. The SMILES string of the molecule is Oc1ccc(CNc2ccc(OC(F)F)c(F)c2)cc1. The van der Waals surface area contributed by atoms with Crippen molar-refractivity contribution < 1.29 is 23.0 Å². The van der Waals surface area contributed by atoms with E-state index >= 15 is 0 Å². The Balaban J connectivity index is 1.99. The van der Waals surface area contributed by atoms with Gasteiger partial charge in [0.15, 0.2) is 11.6 Å². The van der Waals surface area contributed by atoms with Crippen molar-refractivity contribution in [1.82, 2.24) is 0 Å². The molecule has 0 radical (unpaired) electrons. The standard InChI is InChI=1S/C14H12F3NO2/c15-12-7-10(3-6-13(12)20-14(16)17)18-8-9-1-4-11(19)5-2-9/h1-7,14,18-19H,8H2. The van der Waals surface area contributed by atoms with E-state index in [0.717, 1.165) is 17.7 Å². The highest BCUT2D eigenvalue weighted by Crippen LogP contribution is 2.23. The third kappa shape index (κ3) is 3.81. The van der Waals surface area contributed by atoms with E-state index in [1.165, 1.54) is 18.2 Å². The molecule has 0 saturated carbocycles. The number of halogens is 3. The van der Waals surface area contributed by atoms with Gasteiger partial charge in [-0.15, -0.1) is 0 Å². The summed E-state index contributed by atoms with van der Waals surface area (Å²) in [5.74, 6) is -1.19. The van der Waals surface area contributed by atoms with Crippen LogP contribution in [0.25, 0.3) is 0 Å². The van der Waals surface area contributed by atoms with Crippen molar-refractivity contribution >= 4 is 5.69 Å². The van der Waals surface area contributed by atoms with E-state index in [9.17, 15) is 13.2 Å². The number of hydrogen-bond acceptors (Lipinski definition) is 3. The zero-order valence-corrected chi connectivity index (χ0v) is 10.3. The van der Waals surface area contributed by atoms with Crippen LogP contribution in [0.2, 0.25) is 0 Å². The maximum absolute atomic E-state index is 13.5. The first-order valence-corrected chi connectivity index (χ1v) is 5.81. The van der Waals surface area contributed by atoms with Crippen LogP contribution >= 0.6 is 0 Å². The summed E-state index contributed by atoms with van der Waals surface area (Å²) >= 11 is 0. The molecule has 0 aliphatic rings. The van der Waals surface area contributed by atoms with Gasteiger partial charge >= 0.3 is 6.61 Å². The number of benzene rings is 2. The summed E-state index contributed by atoms with van der Waals surface area (Å²) in [6, 6.07) is 10.2. The van der Waals surface area contributed by atoms with E-state index in [1.807, 2.05) is 0 Å². The number of nitrogens with one attached hydrogen (secondary N) is 1. The lowest BCUT2D eigenvalue weighted by Gasteiger charge is -2.09. The summed E-state index contributed by atoms with van der Waals surface area (Å²) in [6.45, 7) is -2.64. The van der Waals surface area contributed by atoms with E-state index in [4.69, 9.17) is 5.11 Å². The van der Waals surface area contributed by atoms with Crippen LogP contribution in [0.3, 0.4) is 0 Å². The highest BCUT2D eigenvalue weighted by molar-refractivity contribution is 5.47. The van der Waals surface area contributed by atoms with Crippen molar-refractivity contribution in [1.29, 1.82) is 0 Å². The van der Waals surface area contributed by atoms with Crippen molar-refractivity contribution in [3.8, 4) is 11.5 Å². The number of ether oxygens (including phenoxy) is 1. The van der Waals surface area contributed by atoms with Gasteiger partial charge in [-0.05, 0) is 29.8 Å². The fourth-order valence-corrected chi connectivity index (χ4v) is 1.62. The quantitative estimate of drug-likeness (QED) is 0.878. The highest BCUT2D eigenvalue weighted by Gasteiger charge is 2.10. The van der Waals surface area contributed by atoms with Crippen molar-refractivity contribution in [3.63, 3.8) is 0 Å². The van der Waals surface area contributed by atoms with E-state index in [0.29, 0.717) is 12.2 Å². The van der Waals surface area contributed by atoms with Crippen LogP contribution in [-0.2, 0) is 6.54 Å². The fourth-order valence-electron chi connectivity index (χ4n) is 1.62. The monoisotopic (exact) mass is 283 g/mol. The predicted octanol–water partition coefficient (Wildman–Crippen LogP) is 3.74. The van der Waals surface area contributed by atoms with Gasteiger partial charge in [0.1, 0.15) is 5.75 Å². The van der Waals surface area contributed by atoms with Gasteiger partial charge in [0.2, 0.25) is 0 Å². The Morgan fingerprint density at radius 3 is 2.40 bits per heavy atom. The predicted molar refractivity (Wildman–Crippen MR) is 68.5 cm³/mol. The lowest BCUT2D eigenvalue weighted by molar-refractivity contribution is -0.0521. The minimum atomic E-state index is -3.06. The first-order valence-electron chi connectivity index (χ1n) is 5.81. The van der Waals surface area contributed by atoms with Crippen LogP contribution in [0.5, 0.6) is 11.5 Å². The van der Waals surface area contributed by atoms with Gasteiger partial charge in [-0.25, -0.2) is 4.39 Å². The van der Waals surface area contributed by atoms with Crippen LogP contribution in [-0.4, -0.2) is 11.7 Å². The van der Waals surface area contributed by atoms with Crippen LogP contribution < -0.4 is 10.1 Å². The molecule has 0 aliphatic heterocycles. The van der Waals surface area contributed by atoms with Crippen LogP contribution in [0.1, 0.15) is 5.56 Å². The molecule has 106 valence electrons. The summed E-state index contributed by atoms with van der Waals surface area (Å²) in [5, 5.41) is 12.1. The first-order chi connectivity index (χ1) is 9.54. The number of rotatable bonds is 5. The minimum Gasteiger partial charge on any atom is -0.508 e. The van der Waals surface area contributed by atoms with Crippen LogP contribution in [0.15, 0.2) is 42.5 Å². The number of phenolic OH excluding ortho intramolecular Hbond substituents is 1. The average molecular weight is 283 g/mol. The Hall–Kier alpha value is -2.37.